The number of sulfonamides is 2. The Kier molecular flexibility index (Phi) is 26.1. The molecule has 0 aliphatic carbocycles. The lowest BCUT2D eigenvalue weighted by molar-refractivity contribution is -0.139. The highest BCUT2D eigenvalue weighted by atomic mass is 32.2. The fraction of sp³-hybridized carbons (Fsp3) is 0.737. The van der Waals surface area contributed by atoms with Crippen LogP contribution in [0.3, 0.4) is 0 Å². The number of nitrogens with zero attached hydrogens (tertiary/aromatic N) is 8. The Labute approximate surface area is 417 Å². The SMILES string of the molecule is O=C(O)CN1CCN(CC(O)CNS(=O)(=O)c2cccc(S(=O)(=O)NCC(O)CN3CCN(CC(=O)O)CCN(CP(=O)(O)O)CCN(CC(=O)O)CC3)c2)CCN(CC(=O)O)CCN(CP(=O)(O)O)CC1. The maximum atomic E-state index is 13.4. The summed E-state index contributed by atoms with van der Waals surface area (Å²) in [7, 11) is -18.0. The fourth-order valence-corrected chi connectivity index (χ4v) is 11.8. The van der Waals surface area contributed by atoms with Gasteiger partial charge < -0.3 is 50.2 Å². The zero-order valence-corrected chi connectivity index (χ0v) is 43.1. The van der Waals surface area contributed by atoms with Gasteiger partial charge in [0.15, 0.2) is 0 Å². The van der Waals surface area contributed by atoms with Crippen molar-refractivity contribution in [3.8, 4) is 0 Å². The van der Waals surface area contributed by atoms with E-state index in [1.54, 1.807) is 9.80 Å². The van der Waals surface area contributed by atoms with Gasteiger partial charge in [0.2, 0.25) is 20.0 Å². The molecule has 1 aromatic rings. The third kappa shape index (κ3) is 26.3. The Morgan fingerprint density at radius 2 is 0.694 bits per heavy atom. The average Bonchev–Trinajstić information content (AvgIpc) is 3.25. The summed E-state index contributed by atoms with van der Waals surface area (Å²) in [6, 6.07) is 4.25. The second-order valence-electron chi connectivity index (χ2n) is 17.6. The maximum Gasteiger partial charge on any atom is 0.339 e. The minimum atomic E-state index is -4.52. The van der Waals surface area contributed by atoms with Crippen molar-refractivity contribution in [2.75, 3.05) is 170 Å². The molecule has 0 amide bonds. The Morgan fingerprint density at radius 3 is 0.931 bits per heavy atom. The van der Waals surface area contributed by atoms with E-state index in [2.05, 4.69) is 9.44 Å². The molecule has 30 nitrogen and oxygen atoms in total. The normalized spacial score (nSPS) is 20.1. The van der Waals surface area contributed by atoms with Gasteiger partial charge in [-0.3, -0.25) is 67.5 Å². The van der Waals surface area contributed by atoms with Crippen LogP contribution in [0.4, 0.5) is 0 Å². The van der Waals surface area contributed by atoms with Crippen LogP contribution in [0.1, 0.15) is 0 Å². The van der Waals surface area contributed by atoms with Crippen molar-refractivity contribution in [2.45, 2.75) is 22.0 Å². The van der Waals surface area contributed by atoms with Crippen molar-refractivity contribution < 1.29 is 95.4 Å². The molecule has 2 heterocycles. The number of benzene rings is 1. The third-order valence-electron chi connectivity index (χ3n) is 11.4. The summed E-state index contributed by atoms with van der Waals surface area (Å²) < 4.78 is 81.9. The number of aliphatic hydroxyl groups excluding tert-OH is 2. The predicted molar refractivity (Wildman–Crippen MR) is 255 cm³/mol. The molecule has 2 atom stereocenters. The van der Waals surface area contributed by atoms with Crippen molar-refractivity contribution in [1.29, 1.82) is 0 Å². The summed E-state index contributed by atoms with van der Waals surface area (Å²) in [4.78, 5) is 96.3. The van der Waals surface area contributed by atoms with Crippen LogP contribution >= 0.6 is 15.2 Å². The molecular formula is C38H70N10O20P2S2. The average molecular weight is 1110 g/mol. The maximum absolute atomic E-state index is 13.4. The highest BCUT2D eigenvalue weighted by Gasteiger charge is 2.28. The zero-order chi connectivity index (χ0) is 53.9. The number of aliphatic hydroxyl groups is 2. The first-order valence-electron chi connectivity index (χ1n) is 22.7. The number of hydrogen-bond donors (Lipinski definition) is 12. The summed E-state index contributed by atoms with van der Waals surface area (Å²) >= 11 is 0. The van der Waals surface area contributed by atoms with E-state index >= 15 is 0 Å². The smallest absolute Gasteiger partial charge is 0.339 e. The highest BCUT2D eigenvalue weighted by molar-refractivity contribution is 7.90. The molecule has 0 bridgehead atoms. The molecule has 12 N–H and O–H groups in total. The molecule has 34 heteroatoms. The van der Waals surface area contributed by atoms with Gasteiger partial charge in [-0.15, -0.1) is 0 Å². The second-order valence-corrected chi connectivity index (χ2v) is 24.4. The molecule has 0 aromatic heterocycles. The number of hydrogen-bond acceptors (Lipinski definition) is 20. The van der Waals surface area contributed by atoms with Gasteiger partial charge in [0.1, 0.15) is 12.6 Å². The van der Waals surface area contributed by atoms with E-state index in [-0.39, 0.29) is 118 Å². The van der Waals surface area contributed by atoms with E-state index in [4.69, 9.17) is 0 Å². The number of nitrogens with one attached hydrogen (secondary N) is 2. The lowest BCUT2D eigenvalue weighted by Crippen LogP contribution is -2.49. The van der Waals surface area contributed by atoms with Crippen LogP contribution in [-0.2, 0) is 48.4 Å². The molecule has 2 saturated heterocycles. The van der Waals surface area contributed by atoms with E-state index < -0.39 is 133 Å². The van der Waals surface area contributed by atoms with Gasteiger partial charge in [-0.1, -0.05) is 6.07 Å². The molecule has 0 radical (unpaired) electrons. The molecule has 2 fully saturated rings. The van der Waals surface area contributed by atoms with Crippen LogP contribution in [0.2, 0.25) is 0 Å². The summed E-state index contributed by atoms with van der Waals surface area (Å²) in [6.07, 6.45) is -4.01. The van der Waals surface area contributed by atoms with E-state index in [1.807, 2.05) is 0 Å². The number of aliphatic carboxylic acids is 4. The van der Waals surface area contributed by atoms with Crippen molar-refractivity contribution in [1.82, 2.24) is 48.6 Å². The second kappa shape index (κ2) is 29.8. The Bertz CT molecular complexity index is 2030. The molecule has 2 unspecified atom stereocenters. The Balaban J connectivity index is 1.67. The first kappa shape index (κ1) is 63.1. The van der Waals surface area contributed by atoms with Gasteiger partial charge in [-0.2, -0.15) is 0 Å². The van der Waals surface area contributed by atoms with Gasteiger partial charge in [0.05, 0.1) is 48.2 Å². The Hall–Kier alpha value is -3.18. The summed E-state index contributed by atoms with van der Waals surface area (Å²) in [5, 5.41) is 60.1. The largest absolute Gasteiger partial charge is 0.480 e. The molecule has 2 aliphatic rings. The monoisotopic (exact) mass is 1110 g/mol. The van der Waals surface area contributed by atoms with Gasteiger partial charge in [0, 0.05) is 131 Å². The van der Waals surface area contributed by atoms with E-state index in [0.717, 1.165) is 24.3 Å². The van der Waals surface area contributed by atoms with E-state index in [1.165, 1.54) is 29.4 Å². The van der Waals surface area contributed by atoms with Crippen LogP contribution in [0.5, 0.6) is 0 Å². The summed E-state index contributed by atoms with van der Waals surface area (Å²) in [5.41, 5.74) is 0. The summed E-state index contributed by atoms with van der Waals surface area (Å²) in [6.45, 7) is -1.74. The fourth-order valence-electron chi connectivity index (χ4n) is 7.84. The van der Waals surface area contributed by atoms with Crippen molar-refractivity contribution >= 4 is 59.1 Å². The Morgan fingerprint density at radius 1 is 0.458 bits per heavy atom. The highest BCUT2D eigenvalue weighted by Crippen LogP contribution is 2.35. The number of carbonyl (C=O) groups is 4. The first-order valence-corrected chi connectivity index (χ1v) is 29.2. The molecule has 0 saturated carbocycles. The minimum Gasteiger partial charge on any atom is -0.480 e. The molecule has 0 spiro atoms. The van der Waals surface area contributed by atoms with Crippen molar-refractivity contribution in [3.63, 3.8) is 0 Å². The molecule has 72 heavy (non-hydrogen) atoms. The van der Waals surface area contributed by atoms with Crippen LogP contribution in [0.25, 0.3) is 0 Å². The van der Waals surface area contributed by atoms with E-state index in [0.29, 0.717) is 0 Å². The third-order valence-corrected chi connectivity index (χ3v) is 15.8. The molecule has 1 aromatic carbocycles. The first-order chi connectivity index (χ1) is 33.5. The predicted octanol–water partition coefficient (Wildman–Crippen LogP) is -5.98. The van der Waals surface area contributed by atoms with Crippen molar-refractivity contribution in [3.05, 3.63) is 24.3 Å². The lowest BCUT2D eigenvalue weighted by atomic mass is 10.3. The number of rotatable bonds is 24. The van der Waals surface area contributed by atoms with Gasteiger partial charge >= 0.3 is 39.1 Å². The zero-order valence-electron chi connectivity index (χ0n) is 39.7. The molecule has 414 valence electrons. The number of carboxylic acids is 4. The standard InChI is InChI=1S/C38H70N10O20P2S2/c49-31(23-41-4-8-43(25-35(51)52)12-16-47(29-69(59,60)61)17-13-44(9-5-41)26-36(53)54)21-39-71(65,66)33-2-1-3-34(20-33)72(67,68)40-22-32(50)24-42-6-10-45(27-37(55)56)14-18-48(30-70(62,63)64)19-15-46(11-7-42)28-38(57)58/h1-3,20,31-32,39-40,49-50H,4-19,21-30H2,(H,51,52)(H,53,54)(H,55,56)(H,57,58)(H2,59,60,61)(H2,62,63,64). The van der Waals surface area contributed by atoms with Crippen LogP contribution in [0.15, 0.2) is 34.1 Å². The minimum absolute atomic E-state index is 0.0511. The van der Waals surface area contributed by atoms with Gasteiger partial charge in [-0.25, -0.2) is 26.3 Å². The number of β-amino-alcohol motifs (C(OH)–C–C–N with tert-alkyl or cyclic N) is 2. The van der Waals surface area contributed by atoms with Gasteiger partial charge in [0.25, 0.3) is 0 Å². The quantitative estimate of drug-likeness (QED) is 0.0429. The van der Waals surface area contributed by atoms with E-state index in [9.17, 15) is 95.4 Å². The molecular weight excluding hydrogens is 1040 g/mol. The molecule has 3 rings (SSSR count). The lowest BCUT2D eigenvalue weighted by Gasteiger charge is -2.34. The van der Waals surface area contributed by atoms with Gasteiger partial charge in [-0.05, 0) is 18.2 Å². The van der Waals surface area contributed by atoms with Crippen molar-refractivity contribution in [2.24, 2.45) is 0 Å². The topological polar surface area (TPSA) is 423 Å². The van der Waals surface area contributed by atoms with Crippen LogP contribution < -0.4 is 9.44 Å². The summed E-state index contributed by atoms with van der Waals surface area (Å²) in [5.74, 6) is -4.66. The number of carboxylic acid groups (broad SMARTS) is 4. The van der Waals surface area contributed by atoms with Crippen LogP contribution in [0, 0.1) is 0 Å². The van der Waals surface area contributed by atoms with Crippen LogP contribution in [-0.4, -0.2) is 312 Å². The molecule has 2 aliphatic heterocycles.